The van der Waals surface area contributed by atoms with Crippen molar-refractivity contribution in [3.63, 3.8) is 0 Å². The molecule has 0 aliphatic heterocycles. The fourth-order valence-electron chi connectivity index (χ4n) is 2.14. The molecule has 148 valence electrons. The standard InChI is InChI=1S/C20H22BrN3O4/c1-12(2)19(26)22-16-7-4-14(5-8-16)20(27)24-23-18(25)11-28-17-9-6-15(21)10-13(17)3/h4-10,12H,11H2,1-3H3,(H,22,26)(H,23,25)(H,24,27). The van der Waals surface area contributed by atoms with Crippen LogP contribution in [0.1, 0.15) is 29.8 Å². The fourth-order valence-corrected chi connectivity index (χ4v) is 2.62. The van der Waals surface area contributed by atoms with E-state index in [0.717, 1.165) is 10.0 Å². The van der Waals surface area contributed by atoms with Crippen molar-refractivity contribution in [2.75, 3.05) is 11.9 Å². The number of halogens is 1. The van der Waals surface area contributed by atoms with Crippen LogP contribution in [0.4, 0.5) is 5.69 Å². The van der Waals surface area contributed by atoms with Crippen LogP contribution in [0, 0.1) is 12.8 Å². The summed E-state index contributed by atoms with van der Waals surface area (Å²) in [5, 5.41) is 2.74. The van der Waals surface area contributed by atoms with Crippen LogP contribution in [0.25, 0.3) is 0 Å². The lowest BCUT2D eigenvalue weighted by Gasteiger charge is -2.11. The number of hydrogen-bond donors (Lipinski definition) is 3. The highest BCUT2D eigenvalue weighted by Gasteiger charge is 2.10. The number of carbonyl (C=O) groups excluding carboxylic acids is 3. The zero-order valence-corrected chi connectivity index (χ0v) is 17.4. The lowest BCUT2D eigenvalue weighted by Crippen LogP contribution is -2.43. The highest BCUT2D eigenvalue weighted by atomic mass is 79.9. The summed E-state index contributed by atoms with van der Waals surface area (Å²) in [7, 11) is 0. The molecular formula is C20H22BrN3O4. The van der Waals surface area contributed by atoms with Gasteiger partial charge in [0.1, 0.15) is 5.75 Å². The second kappa shape index (κ2) is 9.89. The number of hydrazine groups is 1. The van der Waals surface area contributed by atoms with Crippen molar-refractivity contribution in [2.45, 2.75) is 20.8 Å². The average Bonchev–Trinajstić information content (AvgIpc) is 2.65. The first-order chi connectivity index (χ1) is 13.3. The van der Waals surface area contributed by atoms with E-state index in [1.54, 1.807) is 44.2 Å². The molecule has 0 radical (unpaired) electrons. The predicted molar refractivity (Wildman–Crippen MR) is 110 cm³/mol. The molecule has 0 aliphatic carbocycles. The van der Waals surface area contributed by atoms with Crippen LogP contribution in [0.5, 0.6) is 5.75 Å². The van der Waals surface area contributed by atoms with E-state index >= 15 is 0 Å². The molecule has 0 atom stereocenters. The quantitative estimate of drug-likeness (QED) is 0.592. The van der Waals surface area contributed by atoms with E-state index in [0.29, 0.717) is 17.0 Å². The van der Waals surface area contributed by atoms with Crippen molar-refractivity contribution in [1.29, 1.82) is 0 Å². The minimum atomic E-state index is -0.489. The zero-order valence-electron chi connectivity index (χ0n) is 15.8. The van der Waals surface area contributed by atoms with Gasteiger partial charge in [0.15, 0.2) is 6.61 Å². The van der Waals surface area contributed by atoms with Crippen LogP contribution in [0.3, 0.4) is 0 Å². The molecule has 8 heteroatoms. The SMILES string of the molecule is Cc1cc(Br)ccc1OCC(=O)NNC(=O)c1ccc(NC(=O)C(C)C)cc1. The minimum Gasteiger partial charge on any atom is -0.483 e. The Morgan fingerprint density at radius 1 is 1.04 bits per heavy atom. The maximum absolute atomic E-state index is 12.1. The molecule has 0 saturated heterocycles. The Morgan fingerprint density at radius 2 is 1.71 bits per heavy atom. The molecule has 0 aromatic heterocycles. The lowest BCUT2D eigenvalue weighted by molar-refractivity contribution is -0.124. The van der Waals surface area contributed by atoms with Gasteiger partial charge >= 0.3 is 0 Å². The maximum Gasteiger partial charge on any atom is 0.276 e. The Kier molecular flexibility index (Phi) is 7.57. The van der Waals surface area contributed by atoms with E-state index in [-0.39, 0.29) is 18.4 Å². The fraction of sp³-hybridized carbons (Fsp3) is 0.250. The Morgan fingerprint density at radius 3 is 2.32 bits per heavy atom. The Balaban J connectivity index is 1.81. The molecule has 0 aliphatic rings. The monoisotopic (exact) mass is 447 g/mol. The summed E-state index contributed by atoms with van der Waals surface area (Å²) in [6, 6.07) is 11.8. The summed E-state index contributed by atoms with van der Waals surface area (Å²) in [5.74, 6) is -0.623. The van der Waals surface area contributed by atoms with Gasteiger partial charge in [-0.25, -0.2) is 0 Å². The third-order valence-electron chi connectivity index (χ3n) is 3.75. The van der Waals surface area contributed by atoms with Crippen LogP contribution >= 0.6 is 15.9 Å². The van der Waals surface area contributed by atoms with Gasteiger partial charge in [-0.05, 0) is 55.0 Å². The van der Waals surface area contributed by atoms with E-state index < -0.39 is 11.8 Å². The van der Waals surface area contributed by atoms with Crippen LogP contribution in [-0.2, 0) is 9.59 Å². The summed E-state index contributed by atoms with van der Waals surface area (Å²) in [4.78, 5) is 35.6. The van der Waals surface area contributed by atoms with Gasteiger partial charge in [0.05, 0.1) is 0 Å². The molecule has 28 heavy (non-hydrogen) atoms. The van der Waals surface area contributed by atoms with Gasteiger partial charge in [-0.3, -0.25) is 25.2 Å². The van der Waals surface area contributed by atoms with Crippen molar-refractivity contribution in [1.82, 2.24) is 10.9 Å². The number of rotatable bonds is 6. The molecule has 0 fully saturated rings. The molecule has 0 bridgehead atoms. The van der Waals surface area contributed by atoms with E-state index in [4.69, 9.17) is 4.74 Å². The molecule has 0 spiro atoms. The van der Waals surface area contributed by atoms with E-state index in [2.05, 4.69) is 32.1 Å². The van der Waals surface area contributed by atoms with Gasteiger partial charge in [-0.1, -0.05) is 29.8 Å². The summed E-state index contributed by atoms with van der Waals surface area (Å²) in [5.41, 5.74) is 6.45. The molecule has 3 amide bonds. The first-order valence-electron chi connectivity index (χ1n) is 8.65. The summed E-state index contributed by atoms with van der Waals surface area (Å²) >= 11 is 3.36. The van der Waals surface area contributed by atoms with Gasteiger partial charge in [0, 0.05) is 21.6 Å². The molecule has 3 N–H and O–H groups in total. The van der Waals surface area contributed by atoms with Crippen molar-refractivity contribution >= 4 is 39.3 Å². The number of benzene rings is 2. The number of hydrogen-bond acceptors (Lipinski definition) is 4. The maximum atomic E-state index is 12.1. The first-order valence-corrected chi connectivity index (χ1v) is 9.44. The molecule has 2 aromatic carbocycles. The van der Waals surface area contributed by atoms with Crippen LogP contribution in [0.2, 0.25) is 0 Å². The number of ether oxygens (including phenoxy) is 1. The average molecular weight is 448 g/mol. The highest BCUT2D eigenvalue weighted by molar-refractivity contribution is 9.10. The van der Waals surface area contributed by atoms with Crippen molar-refractivity contribution < 1.29 is 19.1 Å². The predicted octanol–water partition coefficient (Wildman–Crippen LogP) is 3.19. The molecule has 0 unspecified atom stereocenters. The van der Waals surface area contributed by atoms with Gasteiger partial charge in [-0.15, -0.1) is 0 Å². The minimum absolute atomic E-state index is 0.106. The topological polar surface area (TPSA) is 96.5 Å². The first kappa shape index (κ1) is 21.4. The summed E-state index contributed by atoms with van der Waals surface area (Å²) in [6.45, 7) is 5.22. The van der Waals surface area contributed by atoms with Gasteiger partial charge < -0.3 is 10.1 Å². The number of aryl methyl sites for hydroxylation is 1. The third-order valence-corrected chi connectivity index (χ3v) is 4.24. The Bertz CT molecular complexity index is 866. The second-order valence-corrected chi connectivity index (χ2v) is 7.34. The number of nitrogens with one attached hydrogen (secondary N) is 3. The van der Waals surface area contributed by atoms with E-state index in [1.165, 1.54) is 0 Å². The molecule has 7 nitrogen and oxygen atoms in total. The van der Waals surface area contributed by atoms with Gasteiger partial charge in [0.25, 0.3) is 11.8 Å². The Hall–Kier alpha value is -2.87. The lowest BCUT2D eigenvalue weighted by atomic mass is 10.1. The van der Waals surface area contributed by atoms with Crippen molar-refractivity contribution in [3.8, 4) is 5.75 Å². The van der Waals surface area contributed by atoms with Crippen molar-refractivity contribution in [2.24, 2.45) is 5.92 Å². The zero-order chi connectivity index (χ0) is 20.7. The molecular weight excluding hydrogens is 426 g/mol. The number of amides is 3. The smallest absolute Gasteiger partial charge is 0.276 e. The van der Waals surface area contributed by atoms with Gasteiger partial charge in [-0.2, -0.15) is 0 Å². The highest BCUT2D eigenvalue weighted by Crippen LogP contribution is 2.21. The van der Waals surface area contributed by atoms with Crippen LogP contribution < -0.4 is 20.9 Å². The van der Waals surface area contributed by atoms with E-state index in [9.17, 15) is 14.4 Å². The third kappa shape index (κ3) is 6.38. The summed E-state index contributed by atoms with van der Waals surface area (Å²) < 4.78 is 6.36. The largest absolute Gasteiger partial charge is 0.483 e. The molecule has 0 saturated carbocycles. The van der Waals surface area contributed by atoms with Gasteiger partial charge in [0.2, 0.25) is 5.91 Å². The molecule has 0 heterocycles. The molecule has 2 aromatic rings. The van der Waals surface area contributed by atoms with Crippen LogP contribution in [0.15, 0.2) is 46.9 Å². The second-order valence-electron chi connectivity index (χ2n) is 6.42. The van der Waals surface area contributed by atoms with E-state index in [1.807, 2.05) is 19.1 Å². The Labute approximate surface area is 171 Å². The number of anilines is 1. The normalized spacial score (nSPS) is 10.3. The number of carbonyl (C=O) groups is 3. The molecule has 2 rings (SSSR count). The summed E-state index contributed by atoms with van der Waals surface area (Å²) in [6.07, 6.45) is 0. The van der Waals surface area contributed by atoms with Crippen LogP contribution in [-0.4, -0.2) is 24.3 Å². The van der Waals surface area contributed by atoms with Crippen molar-refractivity contribution in [3.05, 3.63) is 58.1 Å².